The Labute approximate surface area is 180 Å². The molecule has 4 rings (SSSR count). The van der Waals surface area contributed by atoms with Crippen LogP contribution in [0.25, 0.3) is 10.9 Å². The molecule has 30 heavy (non-hydrogen) atoms. The molecule has 154 valence electrons. The van der Waals surface area contributed by atoms with Gasteiger partial charge in [0.25, 0.3) is 0 Å². The molecule has 0 atom stereocenters. The quantitative estimate of drug-likeness (QED) is 0.396. The number of H-pyrrole nitrogens is 1. The smallest absolute Gasteiger partial charge is 0.169 e. The molecule has 2 aromatic heterocycles. The van der Waals surface area contributed by atoms with Crippen LogP contribution >= 0.6 is 12.2 Å². The first-order valence-electron chi connectivity index (χ1n) is 9.96. The SMILES string of the molecule is Cc1[nH]c2ccc(F)cc2c1CCN(Cc1ccco1)C(=S)NCc1ccccc1. The van der Waals surface area contributed by atoms with Gasteiger partial charge in [0, 0.05) is 29.7 Å². The van der Waals surface area contributed by atoms with E-state index in [1.807, 2.05) is 37.3 Å². The van der Waals surface area contributed by atoms with Crippen LogP contribution in [-0.2, 0) is 19.5 Å². The number of thiocarbonyl (C=S) groups is 1. The summed E-state index contributed by atoms with van der Waals surface area (Å²) in [7, 11) is 0. The van der Waals surface area contributed by atoms with Gasteiger partial charge in [-0.2, -0.15) is 0 Å². The Balaban J connectivity index is 1.49. The molecule has 0 aliphatic carbocycles. The number of aromatic amines is 1. The summed E-state index contributed by atoms with van der Waals surface area (Å²) in [5.41, 5.74) is 4.28. The van der Waals surface area contributed by atoms with Crippen LogP contribution in [-0.4, -0.2) is 21.5 Å². The second-order valence-electron chi connectivity index (χ2n) is 7.31. The van der Waals surface area contributed by atoms with Crippen LogP contribution in [0.2, 0.25) is 0 Å². The number of aromatic nitrogens is 1. The number of nitrogens with one attached hydrogen (secondary N) is 2. The largest absolute Gasteiger partial charge is 0.467 e. The summed E-state index contributed by atoms with van der Waals surface area (Å²) < 4.78 is 19.3. The highest BCUT2D eigenvalue weighted by molar-refractivity contribution is 7.80. The lowest BCUT2D eigenvalue weighted by atomic mass is 10.1. The van der Waals surface area contributed by atoms with Crippen LogP contribution < -0.4 is 5.32 Å². The second-order valence-corrected chi connectivity index (χ2v) is 7.70. The molecule has 6 heteroatoms. The number of hydrogen-bond acceptors (Lipinski definition) is 2. The molecule has 0 aliphatic heterocycles. The lowest BCUT2D eigenvalue weighted by Gasteiger charge is -2.25. The van der Waals surface area contributed by atoms with E-state index in [-0.39, 0.29) is 5.82 Å². The molecule has 0 unspecified atom stereocenters. The van der Waals surface area contributed by atoms with Crippen molar-refractivity contribution in [2.24, 2.45) is 0 Å². The normalized spacial score (nSPS) is 11.0. The summed E-state index contributed by atoms with van der Waals surface area (Å²) in [5, 5.41) is 4.94. The molecule has 2 aromatic carbocycles. The van der Waals surface area contributed by atoms with Crippen molar-refractivity contribution in [1.82, 2.24) is 15.2 Å². The van der Waals surface area contributed by atoms with Gasteiger partial charge in [-0.25, -0.2) is 4.39 Å². The second kappa shape index (κ2) is 9.13. The van der Waals surface area contributed by atoms with Crippen molar-refractivity contribution in [2.75, 3.05) is 6.54 Å². The molecule has 0 fully saturated rings. The zero-order valence-electron chi connectivity index (χ0n) is 16.8. The lowest BCUT2D eigenvalue weighted by Crippen LogP contribution is -2.40. The maximum atomic E-state index is 13.8. The van der Waals surface area contributed by atoms with Crippen molar-refractivity contribution in [3.63, 3.8) is 0 Å². The summed E-state index contributed by atoms with van der Waals surface area (Å²) in [6.45, 7) is 3.94. The molecule has 0 radical (unpaired) electrons. The Morgan fingerprint density at radius 3 is 2.73 bits per heavy atom. The summed E-state index contributed by atoms with van der Waals surface area (Å²) in [4.78, 5) is 5.44. The van der Waals surface area contributed by atoms with E-state index in [4.69, 9.17) is 16.6 Å². The van der Waals surface area contributed by atoms with Crippen LogP contribution in [0.1, 0.15) is 22.6 Å². The van der Waals surface area contributed by atoms with E-state index in [2.05, 4.69) is 27.3 Å². The first-order valence-corrected chi connectivity index (χ1v) is 10.4. The van der Waals surface area contributed by atoms with E-state index in [9.17, 15) is 4.39 Å². The molecule has 2 heterocycles. The number of hydrogen-bond donors (Lipinski definition) is 2. The Morgan fingerprint density at radius 2 is 1.97 bits per heavy atom. The van der Waals surface area contributed by atoms with E-state index in [1.165, 1.54) is 11.6 Å². The first-order chi connectivity index (χ1) is 14.6. The molecule has 4 nitrogen and oxygen atoms in total. The molecule has 0 saturated carbocycles. The molecule has 2 N–H and O–H groups in total. The number of fused-ring (bicyclic) bond motifs is 1. The number of aryl methyl sites for hydroxylation is 1. The van der Waals surface area contributed by atoms with Crippen molar-refractivity contribution in [3.05, 3.63) is 95.3 Å². The standard InChI is InChI=1S/C24H24FN3OS/c1-17-21(22-14-19(25)9-10-23(22)27-17)11-12-28(16-20-8-5-13-29-20)24(30)26-15-18-6-3-2-4-7-18/h2-10,13-14,27H,11-12,15-16H2,1H3,(H,26,30). The molecule has 0 aliphatic rings. The van der Waals surface area contributed by atoms with E-state index >= 15 is 0 Å². The number of furan rings is 1. The Bertz CT molecular complexity index is 1120. The molecular weight excluding hydrogens is 397 g/mol. The number of rotatable bonds is 7. The number of halogens is 1. The maximum absolute atomic E-state index is 13.8. The number of benzene rings is 2. The molecule has 0 bridgehead atoms. The first kappa shape index (κ1) is 20.2. The molecular formula is C24H24FN3OS. The third kappa shape index (κ3) is 4.71. The molecule has 4 aromatic rings. The van der Waals surface area contributed by atoms with Crippen molar-refractivity contribution in [3.8, 4) is 0 Å². The monoisotopic (exact) mass is 421 g/mol. The molecule has 0 saturated heterocycles. The van der Waals surface area contributed by atoms with Crippen molar-refractivity contribution in [1.29, 1.82) is 0 Å². The fourth-order valence-corrected chi connectivity index (χ4v) is 3.88. The van der Waals surface area contributed by atoms with E-state index < -0.39 is 0 Å². The average molecular weight is 422 g/mol. The van der Waals surface area contributed by atoms with Crippen molar-refractivity contribution >= 4 is 28.2 Å². The molecule has 0 spiro atoms. The van der Waals surface area contributed by atoms with Gasteiger partial charge in [-0.1, -0.05) is 30.3 Å². The zero-order valence-corrected chi connectivity index (χ0v) is 17.6. The minimum atomic E-state index is -0.227. The van der Waals surface area contributed by atoms with Gasteiger partial charge in [-0.3, -0.25) is 0 Å². The Kier molecular flexibility index (Phi) is 6.14. The predicted octanol–water partition coefficient (Wildman–Crippen LogP) is 5.33. The van der Waals surface area contributed by atoms with Crippen LogP contribution in [0.4, 0.5) is 4.39 Å². The van der Waals surface area contributed by atoms with Gasteiger partial charge < -0.3 is 19.6 Å². The third-order valence-electron chi connectivity index (χ3n) is 5.21. The van der Waals surface area contributed by atoms with Gasteiger partial charge in [0.15, 0.2) is 5.11 Å². The summed E-state index contributed by atoms with van der Waals surface area (Å²) in [5.74, 6) is 0.621. The van der Waals surface area contributed by atoms with Gasteiger partial charge in [0.05, 0.1) is 12.8 Å². The van der Waals surface area contributed by atoms with E-state index in [1.54, 1.807) is 18.4 Å². The van der Waals surface area contributed by atoms with Crippen molar-refractivity contribution in [2.45, 2.75) is 26.4 Å². The topological polar surface area (TPSA) is 44.2 Å². The fraction of sp³-hybridized carbons (Fsp3) is 0.208. The Hall–Kier alpha value is -3.12. The van der Waals surface area contributed by atoms with Gasteiger partial charge in [-0.05, 0) is 67.0 Å². The van der Waals surface area contributed by atoms with Crippen LogP contribution in [0, 0.1) is 12.7 Å². The van der Waals surface area contributed by atoms with E-state index in [0.717, 1.165) is 34.3 Å². The van der Waals surface area contributed by atoms with Gasteiger partial charge in [0.2, 0.25) is 0 Å². The minimum Gasteiger partial charge on any atom is -0.467 e. The lowest BCUT2D eigenvalue weighted by molar-refractivity contribution is 0.359. The van der Waals surface area contributed by atoms with Gasteiger partial charge in [-0.15, -0.1) is 0 Å². The Morgan fingerprint density at radius 1 is 1.13 bits per heavy atom. The zero-order chi connectivity index (χ0) is 20.9. The van der Waals surface area contributed by atoms with Crippen LogP contribution in [0.3, 0.4) is 0 Å². The predicted molar refractivity (Wildman–Crippen MR) is 122 cm³/mol. The average Bonchev–Trinajstić information content (AvgIpc) is 3.37. The van der Waals surface area contributed by atoms with E-state index in [0.29, 0.717) is 24.7 Å². The summed E-state index contributed by atoms with van der Waals surface area (Å²) in [6, 6.07) is 18.8. The van der Waals surface area contributed by atoms with Crippen LogP contribution in [0.15, 0.2) is 71.3 Å². The highest BCUT2D eigenvalue weighted by atomic mass is 32.1. The summed E-state index contributed by atoms with van der Waals surface area (Å²) in [6.07, 6.45) is 2.41. The van der Waals surface area contributed by atoms with Crippen molar-refractivity contribution < 1.29 is 8.81 Å². The van der Waals surface area contributed by atoms with Gasteiger partial charge in [0.1, 0.15) is 11.6 Å². The maximum Gasteiger partial charge on any atom is 0.169 e. The van der Waals surface area contributed by atoms with Crippen LogP contribution in [0.5, 0.6) is 0 Å². The highest BCUT2D eigenvalue weighted by Crippen LogP contribution is 2.24. The summed E-state index contributed by atoms with van der Waals surface area (Å²) >= 11 is 5.70. The fourth-order valence-electron chi connectivity index (χ4n) is 3.65. The molecule has 0 amide bonds. The third-order valence-corrected chi connectivity index (χ3v) is 5.62. The minimum absolute atomic E-state index is 0.227. The highest BCUT2D eigenvalue weighted by Gasteiger charge is 2.15. The van der Waals surface area contributed by atoms with Gasteiger partial charge >= 0.3 is 0 Å². The number of nitrogens with zero attached hydrogens (tertiary/aromatic N) is 1.